The van der Waals surface area contributed by atoms with Crippen molar-refractivity contribution in [1.29, 1.82) is 0 Å². The first-order valence-corrected chi connectivity index (χ1v) is 8.15. The van der Waals surface area contributed by atoms with Crippen molar-refractivity contribution in [3.05, 3.63) is 29.8 Å². The maximum Gasteiger partial charge on any atom is 0.573 e. The number of ether oxygens (including phenoxy) is 1. The van der Waals surface area contributed by atoms with Crippen molar-refractivity contribution < 1.29 is 27.8 Å². The van der Waals surface area contributed by atoms with E-state index in [0.29, 0.717) is 6.42 Å². The summed E-state index contributed by atoms with van der Waals surface area (Å²) in [4.78, 5) is 12.0. The summed E-state index contributed by atoms with van der Waals surface area (Å²) in [5, 5.41) is 12.2. The second kappa shape index (κ2) is 11.3. The zero-order valence-corrected chi connectivity index (χ0v) is 15.6. The molecule has 1 aromatic carbocycles. The first-order valence-electron chi connectivity index (χ1n) is 8.15. The molecule has 0 aliphatic carbocycles. The number of carbonyl (C=O) groups excluding carboxylic acids is 1. The zero-order chi connectivity index (χ0) is 19.0. The number of hydrogen-bond acceptors (Lipinski definition) is 4. The molecule has 0 aliphatic heterocycles. The van der Waals surface area contributed by atoms with Crippen LogP contribution >= 0.6 is 12.4 Å². The average molecular weight is 399 g/mol. The number of halogens is 4. The summed E-state index contributed by atoms with van der Waals surface area (Å²) in [6, 6.07) is 4.82. The molecule has 0 radical (unpaired) electrons. The SMILES string of the molecule is CCC(C)C(N)C(=O)NCC(CO)Cc1ccc(OC(F)(F)F)cc1.Cl. The van der Waals surface area contributed by atoms with Crippen LogP contribution in [0, 0.1) is 11.8 Å². The summed E-state index contributed by atoms with van der Waals surface area (Å²) >= 11 is 0. The summed E-state index contributed by atoms with van der Waals surface area (Å²) in [5.41, 5.74) is 6.57. The molecule has 4 N–H and O–H groups in total. The second-order valence-electron chi connectivity index (χ2n) is 6.10. The molecule has 0 heterocycles. The number of rotatable bonds is 9. The number of nitrogens with two attached hydrogens (primary N) is 1. The molecule has 0 aromatic heterocycles. The molecule has 1 rings (SSSR count). The minimum Gasteiger partial charge on any atom is -0.406 e. The maximum absolute atomic E-state index is 12.1. The minimum absolute atomic E-state index is 0. The second-order valence-corrected chi connectivity index (χ2v) is 6.10. The Kier molecular flexibility index (Phi) is 10.6. The lowest BCUT2D eigenvalue weighted by Gasteiger charge is -2.20. The van der Waals surface area contributed by atoms with E-state index >= 15 is 0 Å². The van der Waals surface area contributed by atoms with Gasteiger partial charge in [0.05, 0.1) is 6.04 Å². The van der Waals surface area contributed by atoms with Crippen molar-refractivity contribution in [3.63, 3.8) is 0 Å². The predicted molar refractivity (Wildman–Crippen MR) is 95.1 cm³/mol. The molecule has 0 fully saturated rings. The number of carbonyl (C=O) groups is 1. The fourth-order valence-electron chi connectivity index (χ4n) is 2.24. The van der Waals surface area contributed by atoms with Crippen molar-refractivity contribution in [2.75, 3.05) is 13.2 Å². The van der Waals surface area contributed by atoms with Gasteiger partial charge in [-0.25, -0.2) is 0 Å². The molecule has 3 unspecified atom stereocenters. The standard InChI is InChI=1S/C17H25F3N2O3.ClH/c1-3-11(2)15(21)16(24)22-9-13(10-23)8-12-4-6-14(7-5-12)25-17(18,19)20;/h4-7,11,13,15,23H,3,8-10,21H2,1-2H3,(H,22,24);1H. The summed E-state index contributed by atoms with van der Waals surface area (Å²) in [6.07, 6.45) is -3.54. The number of aliphatic hydroxyl groups excluding tert-OH is 1. The van der Waals surface area contributed by atoms with E-state index in [0.717, 1.165) is 12.0 Å². The van der Waals surface area contributed by atoms with Crippen LogP contribution in [0.3, 0.4) is 0 Å². The third-order valence-electron chi connectivity index (χ3n) is 4.06. The van der Waals surface area contributed by atoms with Gasteiger partial charge in [0.25, 0.3) is 0 Å². The van der Waals surface area contributed by atoms with Crippen molar-refractivity contribution >= 4 is 18.3 Å². The number of amides is 1. The first kappa shape index (κ1) is 24.5. The molecule has 0 saturated heterocycles. The van der Waals surface area contributed by atoms with Crippen molar-refractivity contribution in [2.24, 2.45) is 17.6 Å². The van der Waals surface area contributed by atoms with Crippen LogP contribution in [-0.4, -0.2) is 36.6 Å². The molecular formula is C17H26ClF3N2O3. The van der Waals surface area contributed by atoms with E-state index in [1.807, 2.05) is 13.8 Å². The van der Waals surface area contributed by atoms with Gasteiger partial charge in [0.15, 0.2) is 0 Å². The monoisotopic (exact) mass is 398 g/mol. The van der Waals surface area contributed by atoms with Gasteiger partial charge in [-0.2, -0.15) is 0 Å². The molecule has 3 atom stereocenters. The minimum atomic E-state index is -4.73. The van der Waals surface area contributed by atoms with Gasteiger partial charge in [-0.15, -0.1) is 25.6 Å². The number of alkyl halides is 3. The molecule has 5 nitrogen and oxygen atoms in total. The van der Waals surface area contributed by atoms with Gasteiger partial charge in [-0.1, -0.05) is 32.4 Å². The highest BCUT2D eigenvalue weighted by Crippen LogP contribution is 2.23. The van der Waals surface area contributed by atoms with Crippen LogP contribution in [-0.2, 0) is 11.2 Å². The van der Waals surface area contributed by atoms with E-state index in [2.05, 4.69) is 10.1 Å². The molecule has 9 heteroatoms. The van der Waals surface area contributed by atoms with Gasteiger partial charge in [-0.05, 0) is 30.0 Å². The Labute approximate surface area is 157 Å². The van der Waals surface area contributed by atoms with E-state index in [9.17, 15) is 23.1 Å². The lowest BCUT2D eigenvalue weighted by Crippen LogP contribution is -2.46. The third-order valence-corrected chi connectivity index (χ3v) is 4.06. The van der Waals surface area contributed by atoms with Gasteiger partial charge in [-0.3, -0.25) is 4.79 Å². The van der Waals surface area contributed by atoms with Gasteiger partial charge in [0.1, 0.15) is 5.75 Å². The van der Waals surface area contributed by atoms with Crippen LogP contribution in [0.4, 0.5) is 13.2 Å². The lowest BCUT2D eigenvalue weighted by molar-refractivity contribution is -0.274. The molecule has 0 aliphatic rings. The highest BCUT2D eigenvalue weighted by atomic mass is 35.5. The van der Waals surface area contributed by atoms with E-state index < -0.39 is 12.4 Å². The Bertz CT molecular complexity index is 541. The molecule has 150 valence electrons. The lowest BCUT2D eigenvalue weighted by atomic mass is 9.97. The maximum atomic E-state index is 12.1. The third kappa shape index (κ3) is 8.73. The molecule has 1 amide bonds. The zero-order valence-electron chi connectivity index (χ0n) is 14.8. The van der Waals surface area contributed by atoms with E-state index in [4.69, 9.17) is 5.73 Å². The Morgan fingerprint density at radius 3 is 2.35 bits per heavy atom. The van der Waals surface area contributed by atoms with Gasteiger partial charge in [0.2, 0.25) is 5.91 Å². The highest BCUT2D eigenvalue weighted by Gasteiger charge is 2.31. The summed E-state index contributed by atoms with van der Waals surface area (Å²) in [6.45, 7) is 3.90. The van der Waals surface area contributed by atoms with E-state index in [-0.39, 0.29) is 49.1 Å². The number of aliphatic hydroxyl groups is 1. The van der Waals surface area contributed by atoms with E-state index in [1.54, 1.807) is 0 Å². The summed E-state index contributed by atoms with van der Waals surface area (Å²) in [7, 11) is 0. The van der Waals surface area contributed by atoms with Crippen molar-refractivity contribution in [3.8, 4) is 5.75 Å². The largest absolute Gasteiger partial charge is 0.573 e. The van der Waals surface area contributed by atoms with Crippen LogP contribution in [0.2, 0.25) is 0 Å². The smallest absolute Gasteiger partial charge is 0.406 e. The Morgan fingerprint density at radius 1 is 1.31 bits per heavy atom. The van der Waals surface area contributed by atoms with Crippen LogP contribution in [0.25, 0.3) is 0 Å². The number of benzene rings is 1. The quantitative estimate of drug-likeness (QED) is 0.597. The average Bonchev–Trinajstić information content (AvgIpc) is 2.56. The number of hydrogen-bond donors (Lipinski definition) is 3. The summed E-state index contributed by atoms with van der Waals surface area (Å²) in [5.74, 6) is -0.789. The van der Waals surface area contributed by atoms with Crippen LogP contribution < -0.4 is 15.8 Å². The van der Waals surface area contributed by atoms with Gasteiger partial charge < -0.3 is 20.9 Å². The Hall–Kier alpha value is -1.51. The Balaban J connectivity index is 0.00000625. The van der Waals surface area contributed by atoms with Crippen LogP contribution in [0.5, 0.6) is 5.75 Å². The normalized spacial score (nSPS) is 14.7. The highest BCUT2D eigenvalue weighted by molar-refractivity contribution is 5.85. The summed E-state index contributed by atoms with van der Waals surface area (Å²) < 4.78 is 40.2. The predicted octanol–water partition coefficient (Wildman–Crippen LogP) is 2.65. The molecule has 1 aromatic rings. The van der Waals surface area contributed by atoms with Crippen molar-refractivity contribution in [2.45, 2.75) is 39.1 Å². The topological polar surface area (TPSA) is 84.6 Å². The van der Waals surface area contributed by atoms with Crippen molar-refractivity contribution in [1.82, 2.24) is 5.32 Å². The molecule has 26 heavy (non-hydrogen) atoms. The molecule has 0 bridgehead atoms. The molecule has 0 spiro atoms. The fourth-order valence-corrected chi connectivity index (χ4v) is 2.24. The number of nitrogens with one attached hydrogen (secondary N) is 1. The van der Waals surface area contributed by atoms with Gasteiger partial charge >= 0.3 is 6.36 Å². The van der Waals surface area contributed by atoms with Crippen LogP contribution in [0.15, 0.2) is 24.3 Å². The molecule has 0 saturated carbocycles. The van der Waals surface area contributed by atoms with Gasteiger partial charge in [0, 0.05) is 19.1 Å². The molecular weight excluding hydrogens is 373 g/mol. The first-order chi connectivity index (χ1) is 11.7. The van der Waals surface area contributed by atoms with E-state index in [1.165, 1.54) is 24.3 Å². The fraction of sp³-hybridized carbons (Fsp3) is 0.588. The Morgan fingerprint density at radius 2 is 1.88 bits per heavy atom. The van der Waals surface area contributed by atoms with Crippen LogP contribution in [0.1, 0.15) is 25.8 Å².